The summed E-state index contributed by atoms with van der Waals surface area (Å²) in [6.45, 7) is 0. The standard InChI is InChI=1S/C8H9N3O/c9-8(3-1-2-6-12)11-5-4-10-7-11/h1-7H,9H2/b2-1+,8-3+. The molecule has 62 valence electrons. The van der Waals surface area contributed by atoms with Crippen LogP contribution < -0.4 is 5.73 Å². The molecule has 0 aliphatic heterocycles. The highest BCUT2D eigenvalue weighted by atomic mass is 16.1. The van der Waals surface area contributed by atoms with Crippen LogP contribution in [0.1, 0.15) is 0 Å². The molecule has 4 nitrogen and oxygen atoms in total. The van der Waals surface area contributed by atoms with E-state index in [1.54, 1.807) is 35.4 Å². The monoisotopic (exact) mass is 163 g/mol. The number of hydrogen-bond acceptors (Lipinski definition) is 3. The highest BCUT2D eigenvalue weighted by molar-refractivity contribution is 5.66. The van der Waals surface area contributed by atoms with E-state index in [-0.39, 0.29) is 0 Å². The van der Waals surface area contributed by atoms with E-state index in [9.17, 15) is 4.79 Å². The van der Waals surface area contributed by atoms with E-state index in [1.807, 2.05) is 0 Å². The third kappa shape index (κ3) is 2.09. The number of hydrogen-bond donors (Lipinski definition) is 1. The van der Waals surface area contributed by atoms with Crippen molar-refractivity contribution in [1.29, 1.82) is 0 Å². The molecule has 0 aliphatic rings. The summed E-state index contributed by atoms with van der Waals surface area (Å²) >= 11 is 0. The van der Waals surface area contributed by atoms with Crippen LogP contribution in [0, 0.1) is 0 Å². The molecule has 1 rings (SSSR count). The Hall–Kier alpha value is -1.84. The zero-order chi connectivity index (χ0) is 8.81. The number of allylic oxidation sites excluding steroid dienone is 3. The fourth-order valence-electron chi connectivity index (χ4n) is 0.697. The Morgan fingerprint density at radius 3 is 2.92 bits per heavy atom. The molecule has 1 heterocycles. The molecule has 0 bridgehead atoms. The third-order valence-electron chi connectivity index (χ3n) is 1.26. The predicted molar refractivity (Wildman–Crippen MR) is 45.9 cm³/mol. The van der Waals surface area contributed by atoms with Crippen LogP contribution in [0.5, 0.6) is 0 Å². The van der Waals surface area contributed by atoms with Crippen LogP contribution in [0.25, 0.3) is 5.82 Å². The summed E-state index contributed by atoms with van der Waals surface area (Å²) in [5, 5.41) is 0. The van der Waals surface area contributed by atoms with Crippen LogP contribution in [-0.2, 0) is 4.79 Å². The van der Waals surface area contributed by atoms with Gasteiger partial charge in [0.05, 0.1) is 0 Å². The average molecular weight is 163 g/mol. The number of imidazole rings is 1. The maximum Gasteiger partial charge on any atom is 0.142 e. The highest BCUT2D eigenvalue weighted by Gasteiger charge is 1.88. The van der Waals surface area contributed by atoms with Gasteiger partial charge >= 0.3 is 0 Å². The molecule has 0 saturated carbocycles. The van der Waals surface area contributed by atoms with Crippen molar-refractivity contribution in [3.63, 3.8) is 0 Å². The van der Waals surface area contributed by atoms with Gasteiger partial charge in [-0.1, -0.05) is 6.08 Å². The quantitative estimate of drug-likeness (QED) is 0.398. The first-order valence-electron chi connectivity index (χ1n) is 3.40. The lowest BCUT2D eigenvalue weighted by atomic mass is 10.4. The fourth-order valence-corrected chi connectivity index (χ4v) is 0.697. The Balaban J connectivity index is 2.71. The first-order chi connectivity index (χ1) is 5.84. The van der Waals surface area contributed by atoms with Crippen molar-refractivity contribution in [1.82, 2.24) is 9.55 Å². The largest absolute Gasteiger partial charge is 0.385 e. The lowest BCUT2D eigenvalue weighted by Gasteiger charge is -1.97. The number of rotatable bonds is 3. The van der Waals surface area contributed by atoms with Crippen LogP contribution in [0.2, 0.25) is 0 Å². The molecule has 2 N–H and O–H groups in total. The number of aldehydes is 1. The van der Waals surface area contributed by atoms with Crippen LogP contribution in [0.15, 0.2) is 36.9 Å². The first kappa shape index (κ1) is 8.26. The Morgan fingerprint density at radius 2 is 2.33 bits per heavy atom. The normalized spacial score (nSPS) is 12.2. The van der Waals surface area contributed by atoms with Gasteiger partial charge in [-0.2, -0.15) is 0 Å². The molecule has 12 heavy (non-hydrogen) atoms. The van der Waals surface area contributed by atoms with Gasteiger partial charge in [0.1, 0.15) is 18.4 Å². The fraction of sp³-hybridized carbons (Fsp3) is 0. The van der Waals surface area contributed by atoms with Gasteiger partial charge in [0, 0.05) is 12.4 Å². The second-order valence-corrected chi connectivity index (χ2v) is 2.08. The van der Waals surface area contributed by atoms with Crippen LogP contribution in [-0.4, -0.2) is 15.8 Å². The minimum absolute atomic E-state index is 0.519. The van der Waals surface area contributed by atoms with Gasteiger partial charge in [0.25, 0.3) is 0 Å². The molecule has 0 aliphatic carbocycles. The first-order valence-corrected chi connectivity index (χ1v) is 3.40. The number of carbonyl (C=O) groups is 1. The molecule has 0 unspecified atom stereocenters. The van der Waals surface area contributed by atoms with Crippen molar-refractivity contribution in [2.45, 2.75) is 0 Å². The molecular formula is C8H9N3O. The Kier molecular flexibility index (Phi) is 2.84. The minimum Gasteiger partial charge on any atom is -0.385 e. The summed E-state index contributed by atoms with van der Waals surface area (Å²) in [6, 6.07) is 0. The van der Waals surface area contributed by atoms with E-state index < -0.39 is 0 Å². The summed E-state index contributed by atoms with van der Waals surface area (Å²) in [7, 11) is 0. The van der Waals surface area contributed by atoms with Crippen molar-refractivity contribution < 1.29 is 4.79 Å². The van der Waals surface area contributed by atoms with Gasteiger partial charge in [-0.3, -0.25) is 9.36 Å². The van der Waals surface area contributed by atoms with Crippen molar-refractivity contribution in [2.75, 3.05) is 0 Å². The molecule has 1 aromatic rings. The van der Waals surface area contributed by atoms with E-state index in [0.29, 0.717) is 12.1 Å². The van der Waals surface area contributed by atoms with Crippen molar-refractivity contribution in [3.8, 4) is 0 Å². The number of nitrogens with two attached hydrogens (primary N) is 1. The number of aromatic nitrogens is 2. The van der Waals surface area contributed by atoms with Crippen molar-refractivity contribution in [3.05, 3.63) is 36.9 Å². The predicted octanol–water partition coefficient (Wildman–Crippen LogP) is 0.395. The second kappa shape index (κ2) is 4.12. The molecule has 4 heteroatoms. The van der Waals surface area contributed by atoms with Crippen molar-refractivity contribution >= 4 is 12.1 Å². The Labute approximate surface area is 70.0 Å². The van der Waals surface area contributed by atoms with Gasteiger partial charge < -0.3 is 5.73 Å². The second-order valence-electron chi connectivity index (χ2n) is 2.08. The maximum atomic E-state index is 9.90. The van der Waals surface area contributed by atoms with Gasteiger partial charge in [0.15, 0.2) is 0 Å². The van der Waals surface area contributed by atoms with Gasteiger partial charge in [-0.15, -0.1) is 0 Å². The van der Waals surface area contributed by atoms with E-state index in [4.69, 9.17) is 5.73 Å². The number of nitrogens with zero attached hydrogens (tertiary/aromatic N) is 2. The summed E-state index contributed by atoms with van der Waals surface area (Å²) < 4.78 is 1.65. The topological polar surface area (TPSA) is 60.9 Å². The Bertz CT molecular complexity index is 298. The minimum atomic E-state index is 0.519. The van der Waals surface area contributed by atoms with Gasteiger partial charge in [-0.05, 0) is 12.2 Å². The SMILES string of the molecule is N/C(=C\C=C\C=O)n1ccnc1. The lowest BCUT2D eigenvalue weighted by Crippen LogP contribution is -2.02. The van der Waals surface area contributed by atoms with Crippen LogP contribution in [0.3, 0.4) is 0 Å². The molecule has 0 saturated heterocycles. The highest BCUT2D eigenvalue weighted by Crippen LogP contribution is 1.94. The molecule has 0 atom stereocenters. The van der Waals surface area contributed by atoms with E-state index in [0.717, 1.165) is 0 Å². The number of carbonyl (C=O) groups excluding carboxylic acids is 1. The molecule has 0 radical (unpaired) electrons. The zero-order valence-corrected chi connectivity index (χ0v) is 6.42. The summed E-state index contributed by atoms with van der Waals surface area (Å²) in [5.74, 6) is 0.519. The Morgan fingerprint density at radius 1 is 1.50 bits per heavy atom. The summed E-state index contributed by atoms with van der Waals surface area (Å²) in [4.78, 5) is 13.7. The molecule has 1 aromatic heterocycles. The summed E-state index contributed by atoms with van der Waals surface area (Å²) in [5.41, 5.74) is 5.60. The van der Waals surface area contributed by atoms with E-state index in [1.165, 1.54) is 6.08 Å². The van der Waals surface area contributed by atoms with Crippen LogP contribution in [0.4, 0.5) is 0 Å². The molecular weight excluding hydrogens is 154 g/mol. The third-order valence-corrected chi connectivity index (χ3v) is 1.26. The molecule has 0 fully saturated rings. The van der Waals surface area contributed by atoms with Gasteiger partial charge in [-0.25, -0.2) is 4.98 Å². The molecule has 0 spiro atoms. The van der Waals surface area contributed by atoms with Gasteiger partial charge in [0.2, 0.25) is 0 Å². The lowest BCUT2D eigenvalue weighted by molar-refractivity contribution is -0.104. The van der Waals surface area contributed by atoms with Crippen LogP contribution >= 0.6 is 0 Å². The van der Waals surface area contributed by atoms with Crippen molar-refractivity contribution in [2.24, 2.45) is 5.73 Å². The average Bonchev–Trinajstić information content (AvgIpc) is 2.56. The molecule has 0 amide bonds. The summed E-state index contributed by atoms with van der Waals surface area (Å²) in [6.07, 6.45) is 10.2. The molecule has 0 aromatic carbocycles. The maximum absolute atomic E-state index is 9.90. The zero-order valence-electron chi connectivity index (χ0n) is 6.42. The van der Waals surface area contributed by atoms with E-state index >= 15 is 0 Å². The van der Waals surface area contributed by atoms with E-state index in [2.05, 4.69) is 4.98 Å². The smallest absolute Gasteiger partial charge is 0.142 e.